The van der Waals surface area contributed by atoms with Crippen LogP contribution in [0, 0.1) is 11.8 Å². The molecule has 0 saturated carbocycles. The Labute approximate surface area is 76.6 Å². The minimum absolute atomic E-state index is 0. The van der Waals surface area contributed by atoms with Gasteiger partial charge in [-0.3, -0.25) is 0 Å². The molecule has 0 bridgehead atoms. The molecule has 0 amide bonds. The van der Waals surface area contributed by atoms with Crippen LogP contribution in [-0.4, -0.2) is 23.1 Å². The minimum atomic E-state index is 0. The van der Waals surface area contributed by atoms with Gasteiger partial charge in [-0.05, 0) is 0 Å². The van der Waals surface area contributed by atoms with Crippen LogP contribution in [0.15, 0.2) is 0 Å². The van der Waals surface area contributed by atoms with E-state index in [2.05, 4.69) is 41.5 Å². The third kappa shape index (κ3) is 684. The normalized spacial score (nSPS) is 8.00. The molecule has 0 spiro atoms. The van der Waals surface area contributed by atoms with Crippen molar-refractivity contribution < 1.29 is 0 Å². The average Bonchev–Trinajstić information content (AvgIpc) is 1.25. The fourth-order valence-electron chi connectivity index (χ4n) is 0. The molecule has 0 aromatic carbocycles. The molecular weight excluding hydrogens is 120 g/mol. The Morgan fingerprint density at radius 2 is 0.556 bits per heavy atom. The van der Waals surface area contributed by atoms with Crippen LogP contribution in [0.2, 0.25) is 0 Å². The predicted molar refractivity (Wildman–Crippen MR) is 46.3 cm³/mol. The van der Waals surface area contributed by atoms with Gasteiger partial charge in [0.15, 0.2) is 0 Å². The Bertz CT molecular complexity index is 20.0. The Kier molecular flexibility index (Phi) is 21.0. The molecule has 0 radical (unpaired) electrons. The zero-order valence-corrected chi connectivity index (χ0v) is 9.12. The molecule has 0 aliphatic rings. The summed E-state index contributed by atoms with van der Waals surface area (Å²) in [6, 6.07) is 0. The van der Waals surface area contributed by atoms with Crippen LogP contribution in [0.3, 0.4) is 0 Å². The molecular formula is C8H18Mg. The van der Waals surface area contributed by atoms with Crippen molar-refractivity contribution in [3.8, 4) is 0 Å². The van der Waals surface area contributed by atoms with E-state index in [1.54, 1.807) is 0 Å². The second-order valence-corrected chi connectivity index (χ2v) is 3.00. The van der Waals surface area contributed by atoms with Gasteiger partial charge in [0.1, 0.15) is 0 Å². The van der Waals surface area contributed by atoms with Crippen molar-refractivity contribution >= 4 is 23.1 Å². The summed E-state index contributed by atoms with van der Waals surface area (Å²) in [6.45, 7) is 12.5. The maximum Gasteiger partial charge on any atom is 2.00 e. The van der Waals surface area contributed by atoms with Crippen LogP contribution < -0.4 is 0 Å². The first kappa shape index (κ1) is 16.4. The molecule has 0 unspecified atom stereocenters. The molecule has 0 aromatic rings. The fraction of sp³-hybridized carbons (Fsp3) is 0.750. The van der Waals surface area contributed by atoms with Gasteiger partial charge < -0.3 is 11.8 Å². The van der Waals surface area contributed by atoms with Crippen molar-refractivity contribution in [2.24, 2.45) is 0 Å². The molecule has 0 saturated heterocycles. The summed E-state index contributed by atoms with van der Waals surface area (Å²) in [5.74, 6) is 2.83. The molecule has 0 nitrogen and oxygen atoms in total. The topological polar surface area (TPSA) is 0 Å². The summed E-state index contributed by atoms with van der Waals surface area (Å²) >= 11 is 0. The summed E-state index contributed by atoms with van der Waals surface area (Å²) in [7, 11) is 0. The molecule has 0 aliphatic carbocycles. The van der Waals surface area contributed by atoms with Crippen LogP contribution in [0.4, 0.5) is 0 Å². The molecule has 0 aromatic heterocycles. The molecule has 0 N–H and O–H groups in total. The molecule has 0 aliphatic heterocycles. The van der Waals surface area contributed by atoms with Gasteiger partial charge in [0.05, 0.1) is 0 Å². The summed E-state index contributed by atoms with van der Waals surface area (Å²) in [5.41, 5.74) is 0. The fourth-order valence-corrected chi connectivity index (χ4v) is 0. The van der Waals surface area contributed by atoms with Crippen LogP contribution >= 0.6 is 0 Å². The summed E-state index contributed by atoms with van der Waals surface area (Å²) in [4.78, 5) is 0. The Morgan fingerprint density at radius 1 is 0.556 bits per heavy atom. The van der Waals surface area contributed by atoms with Gasteiger partial charge in [0, 0.05) is 0 Å². The maximum atomic E-state index is 2.08. The standard InChI is InChI=1S/2C4H9.Mg/c2*1-4(2)3;/h2*1-3H3;/q2*-1;+2. The van der Waals surface area contributed by atoms with Crippen molar-refractivity contribution in [1.82, 2.24) is 0 Å². The Hall–Kier alpha value is 0.766. The van der Waals surface area contributed by atoms with Crippen molar-refractivity contribution in [2.45, 2.75) is 41.5 Å². The summed E-state index contributed by atoms with van der Waals surface area (Å²) < 4.78 is 0. The maximum absolute atomic E-state index is 2.08. The average molecular weight is 139 g/mol. The number of rotatable bonds is 0. The van der Waals surface area contributed by atoms with Crippen LogP contribution in [0.1, 0.15) is 41.5 Å². The van der Waals surface area contributed by atoms with Gasteiger partial charge in [-0.2, -0.15) is 41.5 Å². The number of hydrogen-bond donors (Lipinski definition) is 0. The van der Waals surface area contributed by atoms with Crippen LogP contribution in [0.25, 0.3) is 0 Å². The first-order chi connectivity index (χ1) is 3.46. The van der Waals surface area contributed by atoms with E-state index in [0.29, 0.717) is 0 Å². The van der Waals surface area contributed by atoms with E-state index in [1.165, 1.54) is 11.8 Å². The van der Waals surface area contributed by atoms with Gasteiger partial charge in [0.25, 0.3) is 0 Å². The minimum Gasteiger partial charge on any atom is -0.323 e. The third-order valence-corrected chi connectivity index (χ3v) is 0. The van der Waals surface area contributed by atoms with Crippen molar-refractivity contribution in [1.29, 1.82) is 0 Å². The SMILES string of the molecule is C[C-](C)C.C[C-](C)C.[Mg+2]. The van der Waals surface area contributed by atoms with E-state index in [0.717, 1.165) is 0 Å². The van der Waals surface area contributed by atoms with Gasteiger partial charge in [-0.1, -0.05) is 0 Å². The summed E-state index contributed by atoms with van der Waals surface area (Å²) in [6.07, 6.45) is 0. The van der Waals surface area contributed by atoms with Crippen molar-refractivity contribution in [3.05, 3.63) is 11.8 Å². The zero-order valence-electron chi connectivity index (χ0n) is 7.71. The second-order valence-electron chi connectivity index (χ2n) is 3.00. The van der Waals surface area contributed by atoms with E-state index in [4.69, 9.17) is 0 Å². The quantitative estimate of drug-likeness (QED) is 0.357. The van der Waals surface area contributed by atoms with E-state index >= 15 is 0 Å². The van der Waals surface area contributed by atoms with E-state index in [1.807, 2.05) is 0 Å². The van der Waals surface area contributed by atoms with Crippen LogP contribution in [-0.2, 0) is 0 Å². The van der Waals surface area contributed by atoms with Crippen LogP contribution in [0.5, 0.6) is 0 Å². The predicted octanol–water partition coefficient (Wildman–Crippen LogP) is 2.86. The molecule has 0 rings (SSSR count). The molecule has 0 atom stereocenters. The van der Waals surface area contributed by atoms with E-state index in [-0.39, 0.29) is 23.1 Å². The van der Waals surface area contributed by atoms with Gasteiger partial charge >= 0.3 is 23.1 Å². The van der Waals surface area contributed by atoms with Crippen molar-refractivity contribution in [2.75, 3.05) is 0 Å². The monoisotopic (exact) mass is 138 g/mol. The second kappa shape index (κ2) is 11.5. The van der Waals surface area contributed by atoms with Gasteiger partial charge in [0.2, 0.25) is 0 Å². The van der Waals surface area contributed by atoms with E-state index in [9.17, 15) is 0 Å². The zero-order chi connectivity index (χ0) is 7.15. The summed E-state index contributed by atoms with van der Waals surface area (Å²) in [5, 5.41) is 0. The first-order valence-corrected chi connectivity index (χ1v) is 3.00. The molecule has 52 valence electrons. The van der Waals surface area contributed by atoms with E-state index < -0.39 is 0 Å². The molecule has 0 heterocycles. The molecule has 0 fully saturated rings. The number of hydrogen-bond acceptors (Lipinski definition) is 0. The Morgan fingerprint density at radius 3 is 0.556 bits per heavy atom. The van der Waals surface area contributed by atoms with Crippen molar-refractivity contribution in [3.63, 3.8) is 0 Å². The first-order valence-electron chi connectivity index (χ1n) is 3.00. The third-order valence-electron chi connectivity index (χ3n) is 0. The molecule has 9 heavy (non-hydrogen) atoms. The molecule has 1 heteroatoms. The van der Waals surface area contributed by atoms with Gasteiger partial charge in [-0.25, -0.2) is 0 Å². The largest absolute Gasteiger partial charge is 2.00 e. The van der Waals surface area contributed by atoms with Gasteiger partial charge in [-0.15, -0.1) is 0 Å². The smallest absolute Gasteiger partial charge is 0.323 e. The Balaban J connectivity index is -0.0000000720.